The predicted molar refractivity (Wildman–Crippen MR) is 102 cm³/mol. The molecule has 3 atom stereocenters. The van der Waals surface area contributed by atoms with E-state index in [1.54, 1.807) is 7.11 Å². The fourth-order valence-electron chi connectivity index (χ4n) is 6.66. The van der Waals surface area contributed by atoms with Crippen molar-refractivity contribution in [1.29, 1.82) is 0 Å². The van der Waals surface area contributed by atoms with Crippen LogP contribution >= 0.6 is 0 Å². The van der Waals surface area contributed by atoms with Crippen molar-refractivity contribution in [2.75, 3.05) is 20.2 Å². The molecule has 3 unspecified atom stereocenters. The predicted octanol–water partition coefficient (Wildman–Crippen LogP) is 2.85. The number of hydrogen-bond donors (Lipinski definition) is 1. The van der Waals surface area contributed by atoms with Crippen LogP contribution in [0.15, 0.2) is 18.2 Å². The molecule has 1 aliphatic heterocycles. The lowest BCUT2D eigenvalue weighted by molar-refractivity contribution is -0.184. The minimum atomic E-state index is -0.788. The number of ketones is 1. The van der Waals surface area contributed by atoms with Crippen molar-refractivity contribution < 1.29 is 14.6 Å². The minimum absolute atomic E-state index is 0.151. The van der Waals surface area contributed by atoms with E-state index in [4.69, 9.17) is 4.74 Å². The van der Waals surface area contributed by atoms with E-state index in [1.165, 1.54) is 24.0 Å². The first-order valence-corrected chi connectivity index (χ1v) is 10.7. The summed E-state index contributed by atoms with van der Waals surface area (Å²) in [6.07, 6.45) is 7.59. The topological polar surface area (TPSA) is 49.8 Å². The highest BCUT2D eigenvalue weighted by Crippen LogP contribution is 2.66. The zero-order chi connectivity index (χ0) is 18.4. The number of fused-ring (bicyclic) bond motifs is 1. The number of carbonyl (C=O) groups is 1. The third kappa shape index (κ3) is 2.09. The van der Waals surface area contributed by atoms with E-state index in [1.807, 2.05) is 6.07 Å². The molecule has 5 aliphatic rings. The van der Waals surface area contributed by atoms with Gasteiger partial charge in [-0.3, -0.25) is 9.69 Å². The number of ether oxygens (including phenoxy) is 1. The summed E-state index contributed by atoms with van der Waals surface area (Å²) >= 11 is 0. The van der Waals surface area contributed by atoms with Gasteiger partial charge in [-0.15, -0.1) is 0 Å². The summed E-state index contributed by atoms with van der Waals surface area (Å²) < 4.78 is 5.51. The fourth-order valence-corrected chi connectivity index (χ4v) is 6.66. The fraction of sp³-hybridized carbons (Fsp3) is 0.696. The molecule has 1 N–H and O–H groups in total. The summed E-state index contributed by atoms with van der Waals surface area (Å²) in [5.41, 5.74) is 1.07. The van der Waals surface area contributed by atoms with Crippen LogP contribution in [0.3, 0.4) is 0 Å². The van der Waals surface area contributed by atoms with Gasteiger partial charge in [0.05, 0.1) is 12.7 Å². The monoisotopic (exact) mass is 367 g/mol. The number of carbonyl (C=O) groups excluding carboxylic acids is 1. The van der Waals surface area contributed by atoms with E-state index >= 15 is 0 Å². The average molecular weight is 367 g/mol. The molecule has 144 valence electrons. The van der Waals surface area contributed by atoms with Crippen LogP contribution < -0.4 is 4.74 Å². The van der Waals surface area contributed by atoms with E-state index in [9.17, 15) is 9.90 Å². The first kappa shape index (κ1) is 16.6. The highest BCUT2D eigenvalue weighted by atomic mass is 16.5. The van der Waals surface area contributed by atoms with Gasteiger partial charge in [-0.05, 0) is 80.7 Å². The maximum absolute atomic E-state index is 13.1. The zero-order valence-electron chi connectivity index (χ0n) is 16.2. The van der Waals surface area contributed by atoms with Gasteiger partial charge in [-0.2, -0.15) is 0 Å². The molecule has 4 nitrogen and oxygen atoms in total. The third-order valence-corrected chi connectivity index (χ3v) is 8.60. The second-order valence-electron chi connectivity index (χ2n) is 9.99. The number of methoxy groups -OCH3 is 1. The number of likely N-dealkylation sites (tertiary alicyclic amines) is 1. The van der Waals surface area contributed by atoms with Gasteiger partial charge in [0.2, 0.25) is 0 Å². The van der Waals surface area contributed by atoms with Gasteiger partial charge in [0.15, 0.2) is 0 Å². The van der Waals surface area contributed by atoms with Crippen LogP contribution in [0.25, 0.3) is 0 Å². The molecular formula is C23H29NO3. The third-order valence-electron chi connectivity index (χ3n) is 8.60. The van der Waals surface area contributed by atoms with Gasteiger partial charge in [-0.1, -0.05) is 6.07 Å². The van der Waals surface area contributed by atoms with Crippen molar-refractivity contribution in [3.63, 3.8) is 0 Å². The van der Waals surface area contributed by atoms with E-state index in [0.717, 1.165) is 50.4 Å². The SMILES string of the molecule is COc1ccc2c(c1)C13CCN(CC4CC4)C(C2)C1(O)CC1(CC1)C(=O)C3. The maximum atomic E-state index is 13.1. The number of nitrogens with zero attached hydrogens (tertiary/aromatic N) is 1. The molecule has 0 radical (unpaired) electrons. The smallest absolute Gasteiger partial charge is 0.140 e. The van der Waals surface area contributed by atoms with Crippen molar-refractivity contribution in [2.45, 2.75) is 68.4 Å². The average Bonchev–Trinajstić information content (AvgIpc) is 3.56. The molecule has 1 aromatic rings. The van der Waals surface area contributed by atoms with Crippen molar-refractivity contribution in [2.24, 2.45) is 11.3 Å². The molecule has 4 aliphatic carbocycles. The van der Waals surface area contributed by atoms with Crippen LogP contribution in [-0.4, -0.2) is 47.6 Å². The summed E-state index contributed by atoms with van der Waals surface area (Å²) in [7, 11) is 1.70. The molecule has 1 saturated heterocycles. The molecule has 1 aromatic carbocycles. The second kappa shape index (κ2) is 5.15. The van der Waals surface area contributed by atoms with E-state index in [2.05, 4.69) is 17.0 Å². The highest BCUT2D eigenvalue weighted by Gasteiger charge is 2.71. The molecule has 0 aromatic heterocycles. The Morgan fingerprint density at radius 3 is 2.78 bits per heavy atom. The number of Topliss-reactive ketones (excluding diaryl/α,β-unsaturated/α-hetero) is 1. The Bertz CT molecular complexity index is 827. The lowest BCUT2D eigenvalue weighted by atomic mass is 9.47. The minimum Gasteiger partial charge on any atom is -0.497 e. The quantitative estimate of drug-likeness (QED) is 0.893. The van der Waals surface area contributed by atoms with E-state index < -0.39 is 11.0 Å². The molecule has 1 spiro atoms. The lowest BCUT2D eigenvalue weighted by Crippen LogP contribution is -2.74. The number of benzene rings is 1. The Balaban J connectivity index is 1.51. The molecule has 3 saturated carbocycles. The number of hydrogen-bond acceptors (Lipinski definition) is 4. The Hall–Kier alpha value is -1.39. The van der Waals surface area contributed by atoms with Crippen LogP contribution in [0.4, 0.5) is 0 Å². The van der Waals surface area contributed by atoms with Gasteiger partial charge >= 0.3 is 0 Å². The molecule has 1 heterocycles. The summed E-state index contributed by atoms with van der Waals surface area (Å²) in [5.74, 6) is 2.05. The van der Waals surface area contributed by atoms with Crippen LogP contribution in [-0.2, 0) is 16.6 Å². The summed E-state index contributed by atoms with van der Waals surface area (Å²) in [4.78, 5) is 15.7. The Labute approximate surface area is 160 Å². The second-order valence-corrected chi connectivity index (χ2v) is 9.99. The Kier molecular flexibility index (Phi) is 3.16. The van der Waals surface area contributed by atoms with Crippen LogP contribution in [0.1, 0.15) is 56.1 Å². The highest BCUT2D eigenvalue weighted by molar-refractivity contribution is 5.90. The first-order valence-electron chi connectivity index (χ1n) is 10.7. The molecule has 4 heteroatoms. The van der Waals surface area contributed by atoms with E-state index in [-0.39, 0.29) is 11.5 Å². The van der Waals surface area contributed by atoms with Gasteiger partial charge in [0.1, 0.15) is 11.5 Å². The molecule has 6 rings (SSSR count). The molecule has 2 bridgehead atoms. The molecule has 27 heavy (non-hydrogen) atoms. The number of aliphatic hydroxyl groups is 1. The maximum Gasteiger partial charge on any atom is 0.140 e. The lowest BCUT2D eigenvalue weighted by Gasteiger charge is -2.64. The van der Waals surface area contributed by atoms with Crippen LogP contribution in [0.5, 0.6) is 5.75 Å². The van der Waals surface area contributed by atoms with Gasteiger partial charge in [-0.25, -0.2) is 0 Å². The number of rotatable bonds is 3. The van der Waals surface area contributed by atoms with Gasteiger partial charge in [0, 0.05) is 29.8 Å². The summed E-state index contributed by atoms with van der Waals surface area (Å²) in [5, 5.41) is 12.3. The molecule has 0 amide bonds. The summed E-state index contributed by atoms with van der Waals surface area (Å²) in [6, 6.07) is 6.48. The first-order chi connectivity index (χ1) is 13.0. The van der Waals surface area contributed by atoms with Gasteiger partial charge in [0.25, 0.3) is 0 Å². The molecule has 4 fully saturated rings. The van der Waals surface area contributed by atoms with E-state index in [0.29, 0.717) is 18.6 Å². The Morgan fingerprint density at radius 2 is 2.07 bits per heavy atom. The van der Waals surface area contributed by atoms with Crippen LogP contribution in [0.2, 0.25) is 0 Å². The van der Waals surface area contributed by atoms with Crippen LogP contribution in [0, 0.1) is 11.3 Å². The van der Waals surface area contributed by atoms with Crippen molar-refractivity contribution in [3.05, 3.63) is 29.3 Å². The van der Waals surface area contributed by atoms with Crippen molar-refractivity contribution in [1.82, 2.24) is 4.90 Å². The largest absolute Gasteiger partial charge is 0.497 e. The van der Waals surface area contributed by atoms with Crippen molar-refractivity contribution >= 4 is 5.78 Å². The normalized spacial score (nSPS) is 39.0. The zero-order valence-corrected chi connectivity index (χ0v) is 16.2. The van der Waals surface area contributed by atoms with Gasteiger partial charge < -0.3 is 9.84 Å². The van der Waals surface area contributed by atoms with Crippen molar-refractivity contribution in [3.8, 4) is 5.75 Å². The number of piperidine rings is 1. The standard InChI is InChI=1S/C23H29NO3/c1-27-17-5-4-16-10-19-23(26)14-21(6-7-21)20(25)12-22(23,18(16)11-17)8-9-24(19)13-15-2-3-15/h4-5,11,15,19,26H,2-3,6-10,12-14H2,1H3. The Morgan fingerprint density at radius 1 is 1.26 bits per heavy atom. The molecular weight excluding hydrogens is 338 g/mol. The summed E-state index contributed by atoms with van der Waals surface area (Å²) in [6.45, 7) is 2.12.